The monoisotopic (exact) mass is 819 g/mol. The van der Waals surface area contributed by atoms with Crippen molar-refractivity contribution < 1.29 is 18.7 Å². The van der Waals surface area contributed by atoms with Crippen molar-refractivity contribution in [1.82, 2.24) is 0 Å². The standard InChI is InChI=1S/C52H99O4P/c1-10-13-15-17-19-21-23-25-27-29-31-33-35-37-39-41-43-45-47(51(4,5)6)49(53)48(52(7,8)9)46(50(45)56-57(54)55-12-3)44-42-40-38-36-34-32-30-28-26-24-22-20-18-16-14-11-2/h53,57H,10-44H2,1-9H3. The molecule has 1 atom stereocenters. The van der Waals surface area contributed by atoms with Gasteiger partial charge in [-0.2, -0.15) is 0 Å². The van der Waals surface area contributed by atoms with E-state index in [4.69, 9.17) is 9.05 Å². The van der Waals surface area contributed by atoms with Gasteiger partial charge in [0.05, 0.1) is 6.61 Å². The highest BCUT2D eigenvalue weighted by atomic mass is 31.1. The van der Waals surface area contributed by atoms with E-state index < -0.39 is 8.25 Å². The fourth-order valence-corrected chi connectivity index (χ4v) is 9.67. The van der Waals surface area contributed by atoms with E-state index in [2.05, 4.69) is 55.4 Å². The van der Waals surface area contributed by atoms with Crippen molar-refractivity contribution in [3.8, 4) is 11.5 Å². The molecule has 0 saturated heterocycles. The summed E-state index contributed by atoms with van der Waals surface area (Å²) in [5.74, 6) is 1.18. The maximum Gasteiger partial charge on any atom is 0.367 e. The lowest BCUT2D eigenvalue weighted by Gasteiger charge is -2.34. The lowest BCUT2D eigenvalue weighted by molar-refractivity contribution is 0.299. The Morgan fingerprint density at radius 1 is 0.421 bits per heavy atom. The molecular formula is C52H99O4P. The molecule has 1 rings (SSSR count). The Morgan fingerprint density at radius 3 is 0.895 bits per heavy atom. The average molecular weight is 819 g/mol. The van der Waals surface area contributed by atoms with E-state index in [-0.39, 0.29) is 10.8 Å². The second-order valence-electron chi connectivity index (χ2n) is 19.8. The number of phenolic OH excluding ortho intramolecular Hbond substituents is 1. The molecule has 336 valence electrons. The predicted octanol–water partition coefficient (Wildman–Crippen LogP) is 18.4. The normalized spacial score (nSPS) is 12.8. The van der Waals surface area contributed by atoms with Crippen LogP contribution in [0.2, 0.25) is 0 Å². The van der Waals surface area contributed by atoms with Crippen LogP contribution in [0.25, 0.3) is 0 Å². The molecule has 0 amide bonds. The topological polar surface area (TPSA) is 55.8 Å². The van der Waals surface area contributed by atoms with Crippen molar-refractivity contribution in [2.75, 3.05) is 6.61 Å². The van der Waals surface area contributed by atoms with E-state index in [1.54, 1.807) is 0 Å². The van der Waals surface area contributed by atoms with Crippen LogP contribution in [0.1, 0.15) is 290 Å². The summed E-state index contributed by atoms with van der Waals surface area (Å²) < 4.78 is 25.2. The number of benzene rings is 1. The molecular weight excluding hydrogens is 720 g/mol. The molecule has 1 unspecified atom stereocenters. The zero-order valence-electron chi connectivity index (χ0n) is 39.9. The Labute approximate surface area is 357 Å². The summed E-state index contributed by atoms with van der Waals surface area (Å²) in [5, 5.41) is 12.2. The van der Waals surface area contributed by atoms with E-state index in [0.29, 0.717) is 12.4 Å². The van der Waals surface area contributed by atoms with Crippen molar-refractivity contribution in [3.63, 3.8) is 0 Å². The molecule has 1 aromatic rings. The maximum absolute atomic E-state index is 13.2. The third kappa shape index (κ3) is 25.4. The van der Waals surface area contributed by atoms with Crippen molar-refractivity contribution in [1.29, 1.82) is 0 Å². The summed E-state index contributed by atoms with van der Waals surface area (Å²) in [5.41, 5.74) is 3.46. The third-order valence-electron chi connectivity index (χ3n) is 12.1. The predicted molar refractivity (Wildman–Crippen MR) is 253 cm³/mol. The molecule has 4 nitrogen and oxygen atoms in total. The largest absolute Gasteiger partial charge is 0.507 e. The van der Waals surface area contributed by atoms with Crippen LogP contribution < -0.4 is 4.52 Å². The van der Waals surface area contributed by atoms with Crippen LogP contribution in [0.4, 0.5) is 0 Å². The second-order valence-corrected chi connectivity index (χ2v) is 20.8. The summed E-state index contributed by atoms with van der Waals surface area (Å²) in [6, 6.07) is 0. The van der Waals surface area contributed by atoms with Crippen molar-refractivity contribution >= 4 is 8.25 Å². The summed E-state index contributed by atoms with van der Waals surface area (Å²) in [7, 11) is -2.72. The highest BCUT2D eigenvalue weighted by molar-refractivity contribution is 7.33. The quantitative estimate of drug-likeness (QED) is 0.0533. The number of hydrogen-bond donors (Lipinski definition) is 1. The van der Waals surface area contributed by atoms with Crippen molar-refractivity contribution in [2.45, 2.75) is 291 Å². The van der Waals surface area contributed by atoms with Gasteiger partial charge in [-0.25, -0.2) is 4.57 Å². The average Bonchev–Trinajstić information content (AvgIpc) is 3.14. The molecule has 0 aliphatic carbocycles. The first-order valence-electron chi connectivity index (χ1n) is 25.2. The molecule has 0 spiro atoms. The zero-order chi connectivity index (χ0) is 42.2. The van der Waals surface area contributed by atoms with Gasteiger partial charge >= 0.3 is 8.25 Å². The van der Waals surface area contributed by atoms with E-state index >= 15 is 0 Å². The van der Waals surface area contributed by atoms with E-state index in [1.807, 2.05) is 6.92 Å². The highest BCUT2D eigenvalue weighted by Gasteiger charge is 2.35. The van der Waals surface area contributed by atoms with Gasteiger partial charge in [0, 0.05) is 22.3 Å². The Kier molecular flexibility index (Phi) is 31.9. The fraction of sp³-hybridized carbons (Fsp3) is 0.885. The molecule has 0 aliphatic heterocycles. The van der Waals surface area contributed by atoms with Gasteiger partial charge in [0.15, 0.2) is 0 Å². The van der Waals surface area contributed by atoms with E-state index in [0.717, 1.165) is 66.5 Å². The highest BCUT2D eigenvalue weighted by Crippen LogP contribution is 2.51. The van der Waals surface area contributed by atoms with Crippen molar-refractivity contribution in [3.05, 3.63) is 22.3 Å². The number of rotatable bonds is 38. The molecule has 0 bridgehead atoms. The summed E-state index contributed by atoms with van der Waals surface area (Å²) in [4.78, 5) is 0. The van der Waals surface area contributed by atoms with Gasteiger partial charge in [0.25, 0.3) is 0 Å². The first kappa shape index (κ1) is 54.0. The van der Waals surface area contributed by atoms with E-state index in [9.17, 15) is 9.67 Å². The molecule has 57 heavy (non-hydrogen) atoms. The summed E-state index contributed by atoms with van der Waals surface area (Å²) in [6.45, 7) is 20.0. The third-order valence-corrected chi connectivity index (χ3v) is 13.0. The molecule has 5 heteroatoms. The summed E-state index contributed by atoms with van der Waals surface area (Å²) >= 11 is 0. The minimum absolute atomic E-state index is 0.291. The molecule has 0 saturated carbocycles. The zero-order valence-corrected chi connectivity index (χ0v) is 40.9. The first-order chi connectivity index (χ1) is 27.4. The van der Waals surface area contributed by atoms with Gasteiger partial charge in [0.2, 0.25) is 0 Å². The molecule has 1 aromatic carbocycles. The lowest BCUT2D eigenvalue weighted by Crippen LogP contribution is -2.22. The van der Waals surface area contributed by atoms with Gasteiger partial charge in [-0.15, -0.1) is 0 Å². The van der Waals surface area contributed by atoms with Gasteiger partial charge in [-0.3, -0.25) is 0 Å². The minimum Gasteiger partial charge on any atom is -0.507 e. The molecule has 0 radical (unpaired) electrons. The Morgan fingerprint density at radius 2 is 0.667 bits per heavy atom. The second kappa shape index (κ2) is 33.7. The van der Waals surface area contributed by atoms with Crippen LogP contribution in [0, 0.1) is 0 Å². The van der Waals surface area contributed by atoms with Crippen molar-refractivity contribution in [2.24, 2.45) is 0 Å². The van der Waals surface area contributed by atoms with Crippen LogP contribution in [-0.2, 0) is 32.8 Å². The van der Waals surface area contributed by atoms with Gasteiger partial charge in [0.1, 0.15) is 11.5 Å². The van der Waals surface area contributed by atoms with Crippen LogP contribution in [-0.4, -0.2) is 11.7 Å². The van der Waals surface area contributed by atoms with Crippen LogP contribution in [0.15, 0.2) is 0 Å². The molecule has 0 fully saturated rings. The molecule has 0 heterocycles. The molecule has 1 N–H and O–H groups in total. The van der Waals surface area contributed by atoms with Gasteiger partial charge < -0.3 is 14.2 Å². The van der Waals surface area contributed by atoms with Crippen LogP contribution in [0.5, 0.6) is 11.5 Å². The Balaban J connectivity index is 2.80. The number of aromatic hydroxyl groups is 1. The smallest absolute Gasteiger partial charge is 0.367 e. The number of unbranched alkanes of at least 4 members (excludes halogenated alkanes) is 30. The number of hydrogen-bond acceptors (Lipinski definition) is 4. The minimum atomic E-state index is -2.72. The number of phenols is 1. The van der Waals surface area contributed by atoms with E-state index in [1.165, 1.54) is 180 Å². The maximum atomic E-state index is 13.2. The van der Waals surface area contributed by atoms with Gasteiger partial charge in [-0.05, 0) is 43.4 Å². The Bertz CT molecular complexity index is 1060. The van der Waals surface area contributed by atoms with Crippen LogP contribution >= 0.6 is 8.25 Å². The fourth-order valence-electron chi connectivity index (χ4n) is 8.97. The lowest BCUT2D eigenvalue weighted by atomic mass is 9.73. The molecule has 0 aromatic heterocycles. The first-order valence-corrected chi connectivity index (χ1v) is 26.4. The Hall–Kier alpha value is -0.990. The molecule has 0 aliphatic rings. The summed E-state index contributed by atoms with van der Waals surface area (Å²) in [6.07, 6.45) is 44.6. The van der Waals surface area contributed by atoms with Crippen LogP contribution in [0.3, 0.4) is 0 Å². The SMILES string of the molecule is CCCCCCCCCCCCCCCCCCc1c(O[PH](=O)OCC)c(CCCCCCCCCCCCCCCCCC)c(C(C)(C)C)c(O)c1C(C)(C)C. The van der Waals surface area contributed by atoms with Gasteiger partial charge in [-0.1, -0.05) is 248 Å².